The van der Waals surface area contributed by atoms with E-state index >= 15 is 0 Å². The van der Waals surface area contributed by atoms with Crippen molar-refractivity contribution in [3.63, 3.8) is 0 Å². The number of fused-ring (bicyclic) bond motifs is 9. The molecule has 0 spiro atoms. The maximum Gasteiger partial charge on any atom is 0.341 e. The zero-order chi connectivity index (χ0) is 40.3. The van der Waals surface area contributed by atoms with Gasteiger partial charge >= 0.3 is 5.97 Å². The first-order chi connectivity index (χ1) is 27.9. The number of hydrogen-bond acceptors (Lipinski definition) is 16. The van der Waals surface area contributed by atoms with Gasteiger partial charge in [-0.25, -0.2) is 14.8 Å². The van der Waals surface area contributed by atoms with E-state index in [-0.39, 0.29) is 41.6 Å². The Hall–Kier alpha value is -5.03. The van der Waals surface area contributed by atoms with Gasteiger partial charge in [-0.15, -0.1) is 0 Å². The number of pyridine rings is 2. The van der Waals surface area contributed by atoms with Gasteiger partial charge < -0.3 is 45.2 Å². The molecule has 8 heterocycles. The molecule has 3 aromatic heterocycles. The lowest BCUT2D eigenvalue weighted by Crippen LogP contribution is -2.53. The van der Waals surface area contributed by atoms with E-state index in [1.165, 1.54) is 11.6 Å². The van der Waals surface area contributed by atoms with Crippen molar-refractivity contribution in [3.05, 3.63) is 92.2 Å². The Balaban J connectivity index is 1.06. The second kappa shape index (κ2) is 15.0. The molecule has 1 saturated heterocycles. The fourth-order valence-corrected chi connectivity index (χ4v) is 10.8. The smallest absolute Gasteiger partial charge is 0.341 e. The SMILES string of the molecule is Cc1cc(=O)c2c(O)c3c(cc2o1)O[C@@]1(C)CCSSCc2c(cc(CN4C=C5N=CC=C5C4)nc2N)-c2cc(cc(N)n2)CC[C@H]2O[C@@]2(CCCO)C(=O)O[C@@H]1C3. The number of rotatable bonds is 5. The molecule has 0 radical (unpaired) electrons. The molecule has 16 heteroatoms. The third-order valence-corrected chi connectivity index (χ3v) is 13.9. The molecule has 4 atom stereocenters. The number of carbonyl (C=O) groups is 1. The molecule has 1 aromatic carbocycles. The predicted molar refractivity (Wildman–Crippen MR) is 223 cm³/mol. The standard InChI is InChI=1S/C42H44N6O8S2/c1-22-12-31(50)37-33(53-22)17-32-27(38(37)51)16-35-41(2,55-32)8-11-57-58-21-28-26(15-25(46-39(28)44)19-48-18-24-6-9-45-30(24)20-48)29-13-23(14-36(43)47-29)4-5-34-42(56-34,7-3-10-49)40(52)54-35/h6,9,12-15,17,20,34-35,49,51H,3-5,7-8,10-11,16,18-19,21H2,1-2H3,(H2,43,47)(H2,44,46)/t34-,35-,41+,42-/m1/s1. The van der Waals surface area contributed by atoms with E-state index < -0.39 is 29.4 Å². The van der Waals surface area contributed by atoms with E-state index in [2.05, 4.69) is 9.89 Å². The number of aliphatic imine (C=N–C) groups is 1. The van der Waals surface area contributed by atoms with Crippen LogP contribution in [0.3, 0.4) is 0 Å². The van der Waals surface area contributed by atoms with Crippen LogP contribution in [0.4, 0.5) is 11.6 Å². The number of phenolic OH excluding ortho intramolecular Hbond substituents is 1. The predicted octanol–water partition coefficient (Wildman–Crippen LogP) is 5.53. The van der Waals surface area contributed by atoms with Gasteiger partial charge in [0.05, 0.1) is 29.7 Å². The average Bonchev–Trinajstić information content (AvgIpc) is 3.49. The van der Waals surface area contributed by atoms with E-state index in [4.69, 9.17) is 40.1 Å². The van der Waals surface area contributed by atoms with Crippen LogP contribution in [0.25, 0.3) is 22.2 Å². The van der Waals surface area contributed by atoms with Crippen LogP contribution in [-0.4, -0.2) is 79.6 Å². The number of allylic oxidation sites excluding steroid dienone is 1. The molecule has 5 aliphatic heterocycles. The second-order valence-electron chi connectivity index (χ2n) is 15.7. The van der Waals surface area contributed by atoms with Crippen molar-refractivity contribution >= 4 is 56.4 Å². The van der Waals surface area contributed by atoms with Crippen LogP contribution < -0.4 is 21.6 Å². The number of nitrogens with zero attached hydrogens (tertiary/aromatic N) is 4. The zero-order valence-electron chi connectivity index (χ0n) is 32.2. The molecule has 302 valence electrons. The summed E-state index contributed by atoms with van der Waals surface area (Å²) in [5.41, 5.74) is 17.3. The molecule has 0 amide bonds. The van der Waals surface area contributed by atoms with Gasteiger partial charge in [0.15, 0.2) is 11.0 Å². The van der Waals surface area contributed by atoms with Crippen molar-refractivity contribution in [2.45, 2.75) is 88.1 Å². The summed E-state index contributed by atoms with van der Waals surface area (Å²) < 4.78 is 25.1. The molecule has 6 N–H and O–H groups in total. The van der Waals surface area contributed by atoms with Crippen molar-refractivity contribution in [3.8, 4) is 22.8 Å². The number of ether oxygens (including phenoxy) is 3. The van der Waals surface area contributed by atoms with Gasteiger partial charge in [0.2, 0.25) is 0 Å². The average molecular weight is 825 g/mol. The molecule has 1 fully saturated rings. The Morgan fingerprint density at radius 2 is 1.93 bits per heavy atom. The molecule has 4 aromatic rings. The van der Waals surface area contributed by atoms with E-state index in [1.807, 2.05) is 43.6 Å². The minimum Gasteiger partial charge on any atom is -0.507 e. The van der Waals surface area contributed by atoms with Crippen LogP contribution in [0, 0.1) is 6.92 Å². The van der Waals surface area contributed by atoms with Gasteiger partial charge in [-0.1, -0.05) is 21.6 Å². The number of anilines is 2. The van der Waals surface area contributed by atoms with E-state index in [0.29, 0.717) is 78.1 Å². The van der Waals surface area contributed by atoms with Gasteiger partial charge in [0.1, 0.15) is 51.6 Å². The number of benzene rings is 1. The van der Waals surface area contributed by atoms with E-state index in [1.54, 1.807) is 34.6 Å². The van der Waals surface area contributed by atoms with Crippen LogP contribution in [0.2, 0.25) is 0 Å². The summed E-state index contributed by atoms with van der Waals surface area (Å²) in [6.07, 6.45) is 6.73. The number of esters is 1. The minimum absolute atomic E-state index is 0.0455. The van der Waals surface area contributed by atoms with Gasteiger partial charge in [0.25, 0.3) is 0 Å². The van der Waals surface area contributed by atoms with Crippen molar-refractivity contribution in [1.29, 1.82) is 0 Å². The zero-order valence-corrected chi connectivity index (χ0v) is 33.8. The molecule has 14 nitrogen and oxygen atoms in total. The first kappa shape index (κ1) is 38.5. The second-order valence-corrected chi connectivity index (χ2v) is 18.3. The highest BCUT2D eigenvalue weighted by Gasteiger charge is 2.63. The molecule has 0 saturated carbocycles. The number of aromatic nitrogens is 2. The fraction of sp³-hybridized carbons (Fsp3) is 0.405. The summed E-state index contributed by atoms with van der Waals surface area (Å²) in [6.45, 7) is 4.72. The highest BCUT2D eigenvalue weighted by Crippen LogP contribution is 2.49. The third-order valence-electron chi connectivity index (χ3n) is 11.6. The molecular weight excluding hydrogens is 781 g/mol. The van der Waals surface area contributed by atoms with Crippen molar-refractivity contribution in [1.82, 2.24) is 14.9 Å². The van der Waals surface area contributed by atoms with Gasteiger partial charge in [0, 0.05) is 84.3 Å². The molecular formula is C42H44N6O8S2. The Kier molecular flexibility index (Phi) is 9.93. The molecule has 0 unspecified atom stereocenters. The summed E-state index contributed by atoms with van der Waals surface area (Å²) in [5, 5.41) is 21.3. The number of aliphatic hydroxyl groups is 1. The van der Waals surface area contributed by atoms with E-state index in [0.717, 1.165) is 34.6 Å². The Morgan fingerprint density at radius 3 is 2.76 bits per heavy atom. The van der Waals surface area contributed by atoms with Gasteiger partial charge in [-0.2, -0.15) is 0 Å². The van der Waals surface area contributed by atoms with Crippen LogP contribution in [0.15, 0.2) is 68.1 Å². The minimum atomic E-state index is -1.27. The Bertz CT molecular complexity index is 2510. The highest BCUT2D eigenvalue weighted by atomic mass is 33.1. The molecule has 58 heavy (non-hydrogen) atoms. The van der Waals surface area contributed by atoms with Crippen LogP contribution in [0.1, 0.15) is 60.8 Å². The largest absolute Gasteiger partial charge is 0.507 e. The number of hydrogen-bond donors (Lipinski definition) is 4. The lowest BCUT2D eigenvalue weighted by Gasteiger charge is -2.42. The van der Waals surface area contributed by atoms with Crippen LogP contribution in [0.5, 0.6) is 11.5 Å². The summed E-state index contributed by atoms with van der Waals surface area (Å²) in [6, 6.07) is 8.85. The summed E-state index contributed by atoms with van der Waals surface area (Å²) in [5.74, 6) is 1.86. The molecule has 9 rings (SSSR count). The number of aryl methyl sites for hydroxylation is 2. The molecule has 5 aliphatic rings. The topological polar surface area (TPSA) is 212 Å². The quantitative estimate of drug-likeness (QED) is 0.111. The number of epoxide rings is 1. The first-order valence-corrected chi connectivity index (χ1v) is 21.9. The summed E-state index contributed by atoms with van der Waals surface area (Å²) in [4.78, 5) is 43.5. The highest BCUT2D eigenvalue weighted by molar-refractivity contribution is 8.76. The Morgan fingerprint density at radius 1 is 1.07 bits per heavy atom. The van der Waals surface area contributed by atoms with Crippen molar-refractivity contribution in [2.24, 2.45) is 4.99 Å². The maximum atomic E-state index is 14.3. The van der Waals surface area contributed by atoms with Gasteiger partial charge in [-0.05, 0) is 69.4 Å². The van der Waals surface area contributed by atoms with Crippen molar-refractivity contribution < 1.29 is 33.6 Å². The maximum absolute atomic E-state index is 14.3. The number of aliphatic hydroxyl groups excluding tert-OH is 1. The number of carbonyl (C=O) groups excluding carboxylic acids is 1. The number of nitrogens with two attached hydrogens (primary N) is 2. The van der Waals surface area contributed by atoms with Gasteiger partial charge in [-0.3, -0.25) is 9.79 Å². The van der Waals surface area contributed by atoms with Crippen LogP contribution in [-0.2, 0) is 39.4 Å². The molecule has 2 bridgehead atoms. The lowest BCUT2D eigenvalue weighted by atomic mass is 9.86. The number of nitrogen functional groups attached to an aromatic ring is 2. The normalized spacial score (nSPS) is 25.2. The first-order valence-electron chi connectivity index (χ1n) is 19.4. The molecule has 0 aliphatic carbocycles. The van der Waals surface area contributed by atoms with Crippen molar-refractivity contribution in [2.75, 3.05) is 30.4 Å². The monoisotopic (exact) mass is 824 g/mol. The lowest BCUT2D eigenvalue weighted by molar-refractivity contribution is -0.169. The van der Waals surface area contributed by atoms with E-state index in [9.17, 15) is 19.8 Å². The number of aromatic hydroxyl groups is 1. The Labute approximate surface area is 342 Å². The summed E-state index contributed by atoms with van der Waals surface area (Å²) >= 11 is 0. The fourth-order valence-electron chi connectivity index (χ4n) is 8.48. The number of phenols is 1. The third kappa shape index (κ3) is 7.09. The van der Waals surface area contributed by atoms with Crippen LogP contribution >= 0.6 is 21.6 Å². The summed E-state index contributed by atoms with van der Waals surface area (Å²) in [7, 11) is 3.24.